The number of amides is 2. The maximum absolute atomic E-state index is 13.3. The van der Waals surface area contributed by atoms with Crippen molar-refractivity contribution in [3.8, 4) is 0 Å². The number of carbonyl (C=O) groups excluding carboxylic acids is 2. The minimum atomic E-state index is -0.857. The summed E-state index contributed by atoms with van der Waals surface area (Å²) in [7, 11) is 0. The van der Waals surface area contributed by atoms with Crippen molar-refractivity contribution in [1.29, 1.82) is 0 Å². The van der Waals surface area contributed by atoms with Gasteiger partial charge in [-0.1, -0.05) is 6.07 Å². The Morgan fingerprint density at radius 1 is 1.17 bits per heavy atom. The molecule has 3 rings (SSSR count). The number of primary amides is 1. The van der Waals surface area contributed by atoms with E-state index in [1.807, 2.05) is 0 Å². The first-order valence-electron chi connectivity index (χ1n) is 8.11. The SMILES string of the molecule is NC(=O)[C@@H]1CC[C@H](C(=O)N2CC[C@H](Cc3ccc(F)c(F)c3)C2)O1. The summed E-state index contributed by atoms with van der Waals surface area (Å²) in [5.41, 5.74) is 5.92. The van der Waals surface area contributed by atoms with Crippen molar-refractivity contribution in [3.63, 3.8) is 0 Å². The van der Waals surface area contributed by atoms with Crippen LogP contribution in [0.3, 0.4) is 0 Å². The van der Waals surface area contributed by atoms with Crippen LogP contribution in [0.1, 0.15) is 24.8 Å². The Morgan fingerprint density at radius 2 is 1.92 bits per heavy atom. The molecule has 130 valence electrons. The fraction of sp³-hybridized carbons (Fsp3) is 0.529. The number of hydrogen-bond donors (Lipinski definition) is 1. The summed E-state index contributed by atoms with van der Waals surface area (Å²) < 4.78 is 31.7. The third-order valence-electron chi connectivity index (χ3n) is 4.72. The molecule has 2 aliphatic heterocycles. The van der Waals surface area contributed by atoms with Gasteiger partial charge < -0.3 is 15.4 Å². The second kappa shape index (κ2) is 6.84. The van der Waals surface area contributed by atoms with Gasteiger partial charge in [0.15, 0.2) is 11.6 Å². The molecular formula is C17H20F2N2O3. The van der Waals surface area contributed by atoms with Gasteiger partial charge in [0.05, 0.1) is 0 Å². The highest BCUT2D eigenvalue weighted by molar-refractivity contribution is 5.84. The van der Waals surface area contributed by atoms with Crippen LogP contribution in [0.5, 0.6) is 0 Å². The van der Waals surface area contributed by atoms with Crippen molar-refractivity contribution in [2.75, 3.05) is 13.1 Å². The van der Waals surface area contributed by atoms with Crippen molar-refractivity contribution in [2.45, 2.75) is 37.9 Å². The van der Waals surface area contributed by atoms with Crippen LogP contribution in [0.2, 0.25) is 0 Å². The van der Waals surface area contributed by atoms with Gasteiger partial charge in [-0.15, -0.1) is 0 Å². The van der Waals surface area contributed by atoms with Gasteiger partial charge in [0, 0.05) is 13.1 Å². The molecule has 0 aliphatic carbocycles. The number of likely N-dealkylation sites (tertiary alicyclic amines) is 1. The predicted octanol–water partition coefficient (Wildman–Crippen LogP) is 1.39. The fourth-order valence-corrected chi connectivity index (χ4v) is 3.43. The molecule has 5 nitrogen and oxygen atoms in total. The maximum atomic E-state index is 13.3. The van der Waals surface area contributed by atoms with E-state index < -0.39 is 29.7 Å². The molecule has 24 heavy (non-hydrogen) atoms. The first-order chi connectivity index (χ1) is 11.4. The molecule has 2 aliphatic rings. The van der Waals surface area contributed by atoms with Gasteiger partial charge in [0.2, 0.25) is 5.91 Å². The van der Waals surface area contributed by atoms with E-state index in [0.717, 1.165) is 18.1 Å². The number of hydrogen-bond acceptors (Lipinski definition) is 3. The highest BCUT2D eigenvalue weighted by atomic mass is 19.2. The van der Waals surface area contributed by atoms with E-state index in [0.29, 0.717) is 32.4 Å². The van der Waals surface area contributed by atoms with E-state index in [-0.39, 0.29) is 11.8 Å². The van der Waals surface area contributed by atoms with Crippen LogP contribution in [0.25, 0.3) is 0 Å². The van der Waals surface area contributed by atoms with E-state index in [1.165, 1.54) is 6.07 Å². The third kappa shape index (κ3) is 3.56. The molecule has 1 aromatic carbocycles. The number of carbonyl (C=O) groups is 2. The maximum Gasteiger partial charge on any atom is 0.251 e. The Balaban J connectivity index is 1.54. The summed E-state index contributed by atoms with van der Waals surface area (Å²) >= 11 is 0. The average Bonchev–Trinajstić information content (AvgIpc) is 3.20. The number of benzene rings is 1. The monoisotopic (exact) mass is 338 g/mol. The fourth-order valence-electron chi connectivity index (χ4n) is 3.43. The van der Waals surface area contributed by atoms with Crippen molar-refractivity contribution in [1.82, 2.24) is 4.90 Å². The second-order valence-corrected chi connectivity index (χ2v) is 6.48. The van der Waals surface area contributed by atoms with Gasteiger partial charge >= 0.3 is 0 Å². The predicted molar refractivity (Wildman–Crippen MR) is 81.8 cm³/mol. The Labute approximate surface area is 138 Å². The van der Waals surface area contributed by atoms with Gasteiger partial charge in [-0.25, -0.2) is 8.78 Å². The highest BCUT2D eigenvalue weighted by Gasteiger charge is 2.38. The lowest BCUT2D eigenvalue weighted by Crippen LogP contribution is -2.39. The van der Waals surface area contributed by atoms with Crippen LogP contribution >= 0.6 is 0 Å². The molecule has 0 aromatic heterocycles. The normalized spacial score (nSPS) is 26.8. The smallest absolute Gasteiger partial charge is 0.251 e. The van der Waals surface area contributed by atoms with Crippen molar-refractivity contribution >= 4 is 11.8 Å². The van der Waals surface area contributed by atoms with Crippen LogP contribution in [-0.4, -0.2) is 42.0 Å². The van der Waals surface area contributed by atoms with Gasteiger partial charge in [0.1, 0.15) is 12.2 Å². The van der Waals surface area contributed by atoms with E-state index >= 15 is 0 Å². The van der Waals surface area contributed by atoms with Gasteiger partial charge in [-0.3, -0.25) is 9.59 Å². The summed E-state index contributed by atoms with van der Waals surface area (Å²) in [4.78, 5) is 25.3. The van der Waals surface area contributed by atoms with Crippen molar-refractivity contribution < 1.29 is 23.1 Å². The zero-order chi connectivity index (χ0) is 17.3. The molecule has 0 saturated carbocycles. The molecule has 1 aromatic rings. The van der Waals surface area contributed by atoms with Crippen LogP contribution in [0.15, 0.2) is 18.2 Å². The largest absolute Gasteiger partial charge is 0.367 e. The number of nitrogens with two attached hydrogens (primary N) is 1. The molecule has 0 spiro atoms. The lowest BCUT2D eigenvalue weighted by molar-refractivity contribution is -0.144. The van der Waals surface area contributed by atoms with Crippen LogP contribution in [-0.2, 0) is 20.7 Å². The molecule has 3 atom stereocenters. The first kappa shape index (κ1) is 16.8. The van der Waals surface area contributed by atoms with Crippen LogP contribution < -0.4 is 5.73 Å². The molecule has 2 saturated heterocycles. The number of rotatable bonds is 4. The third-order valence-corrected chi connectivity index (χ3v) is 4.72. The molecule has 0 radical (unpaired) electrons. The molecule has 0 bridgehead atoms. The van der Waals surface area contributed by atoms with Gasteiger partial charge in [0.25, 0.3) is 5.91 Å². The summed E-state index contributed by atoms with van der Waals surface area (Å²) in [5, 5.41) is 0. The molecule has 2 amide bonds. The van der Waals surface area contributed by atoms with Crippen LogP contribution in [0, 0.1) is 17.6 Å². The van der Waals surface area contributed by atoms with Gasteiger partial charge in [-0.2, -0.15) is 0 Å². The molecule has 0 unspecified atom stereocenters. The molecule has 2 heterocycles. The van der Waals surface area contributed by atoms with E-state index in [1.54, 1.807) is 11.0 Å². The number of ether oxygens (including phenoxy) is 1. The van der Waals surface area contributed by atoms with Gasteiger partial charge in [-0.05, 0) is 49.3 Å². The summed E-state index contributed by atoms with van der Waals surface area (Å²) in [6.07, 6.45) is 1.07. The van der Waals surface area contributed by atoms with Crippen LogP contribution in [0.4, 0.5) is 8.78 Å². The summed E-state index contributed by atoms with van der Waals surface area (Å²) in [6.45, 7) is 1.16. The molecular weight excluding hydrogens is 318 g/mol. The Kier molecular flexibility index (Phi) is 4.80. The summed E-state index contributed by atoms with van der Waals surface area (Å²) in [5.74, 6) is -2.17. The average molecular weight is 338 g/mol. The van der Waals surface area contributed by atoms with Crippen molar-refractivity contribution in [2.24, 2.45) is 11.7 Å². The van der Waals surface area contributed by atoms with E-state index in [4.69, 9.17) is 10.5 Å². The zero-order valence-corrected chi connectivity index (χ0v) is 13.2. The highest BCUT2D eigenvalue weighted by Crippen LogP contribution is 2.26. The van der Waals surface area contributed by atoms with Crippen molar-refractivity contribution in [3.05, 3.63) is 35.4 Å². The quantitative estimate of drug-likeness (QED) is 0.902. The topological polar surface area (TPSA) is 72.6 Å². The molecule has 2 fully saturated rings. The Bertz CT molecular complexity index is 653. The minimum Gasteiger partial charge on any atom is -0.367 e. The lowest BCUT2D eigenvalue weighted by atomic mass is 9.98. The zero-order valence-electron chi connectivity index (χ0n) is 13.2. The Morgan fingerprint density at radius 3 is 2.58 bits per heavy atom. The van der Waals surface area contributed by atoms with E-state index in [9.17, 15) is 18.4 Å². The Hall–Kier alpha value is -2.02. The molecule has 2 N–H and O–H groups in total. The number of halogens is 2. The lowest BCUT2D eigenvalue weighted by Gasteiger charge is -2.20. The second-order valence-electron chi connectivity index (χ2n) is 6.48. The summed E-state index contributed by atoms with van der Waals surface area (Å²) in [6, 6.07) is 3.90. The standard InChI is InChI=1S/C17H20F2N2O3/c18-12-2-1-10(8-13(12)19)7-11-5-6-21(9-11)17(23)15-4-3-14(24-15)16(20)22/h1-2,8,11,14-15H,3-7,9H2,(H2,20,22)/t11-,14+,15-/m1/s1. The number of nitrogens with zero attached hydrogens (tertiary/aromatic N) is 1. The molecule has 7 heteroatoms. The van der Waals surface area contributed by atoms with E-state index in [2.05, 4.69) is 0 Å². The first-order valence-corrected chi connectivity index (χ1v) is 8.11. The minimum absolute atomic E-state index is 0.119.